The van der Waals surface area contributed by atoms with Gasteiger partial charge in [-0.05, 0) is 68.1 Å². The van der Waals surface area contributed by atoms with Crippen molar-refractivity contribution in [2.45, 2.75) is 44.9 Å². The highest BCUT2D eigenvalue weighted by Gasteiger charge is 2.32. The van der Waals surface area contributed by atoms with Crippen molar-refractivity contribution < 1.29 is 27.8 Å². The second-order valence-electron chi connectivity index (χ2n) is 10.1. The maximum atomic E-state index is 13.1. The van der Waals surface area contributed by atoms with E-state index in [1.54, 1.807) is 20.0 Å². The molecule has 0 saturated heterocycles. The minimum atomic E-state index is -4.40. The van der Waals surface area contributed by atoms with E-state index in [2.05, 4.69) is 4.98 Å². The van der Waals surface area contributed by atoms with Gasteiger partial charge in [-0.1, -0.05) is 42.5 Å². The number of alkyl halides is 3. The van der Waals surface area contributed by atoms with Gasteiger partial charge in [0.05, 0.1) is 21.5 Å². The van der Waals surface area contributed by atoms with E-state index >= 15 is 0 Å². The molecule has 0 bridgehead atoms. The number of fused-ring (bicyclic) bond motifs is 1. The van der Waals surface area contributed by atoms with Crippen molar-refractivity contribution in [1.82, 2.24) is 9.97 Å². The van der Waals surface area contributed by atoms with Crippen LogP contribution in [0.1, 0.15) is 41.1 Å². The summed E-state index contributed by atoms with van der Waals surface area (Å²) in [6, 6.07) is 20.5. The first kappa shape index (κ1) is 27.5. The van der Waals surface area contributed by atoms with Crippen LogP contribution in [-0.2, 0) is 35.8 Å². The van der Waals surface area contributed by atoms with Gasteiger partial charge in [-0.15, -0.1) is 11.3 Å². The molecule has 5 aromatic rings. The fourth-order valence-electron chi connectivity index (χ4n) is 4.49. The number of carboxylic acid groups (broad SMARTS) is 1. The number of H-pyrrole nitrogens is 1. The zero-order chi connectivity index (χ0) is 28.5. The number of carbonyl (C=O) groups is 1. The number of hydrogen-bond donors (Lipinski definition) is 2. The van der Waals surface area contributed by atoms with Crippen molar-refractivity contribution in [3.05, 3.63) is 106 Å². The molecule has 40 heavy (non-hydrogen) atoms. The average molecular weight is 565 g/mol. The van der Waals surface area contributed by atoms with Crippen LogP contribution in [0.2, 0.25) is 0 Å². The van der Waals surface area contributed by atoms with E-state index in [0.717, 1.165) is 45.6 Å². The van der Waals surface area contributed by atoms with Gasteiger partial charge >= 0.3 is 12.1 Å². The molecular formula is C31H27F3N2O3S. The molecule has 0 aliphatic rings. The largest absolute Gasteiger partial charge is 0.488 e. The molecule has 9 heteroatoms. The van der Waals surface area contributed by atoms with Crippen molar-refractivity contribution in [3.8, 4) is 16.3 Å². The molecule has 0 spiro atoms. The molecule has 0 atom stereocenters. The normalized spacial score (nSPS) is 12.1. The number of aryl methyl sites for hydroxylation is 2. The van der Waals surface area contributed by atoms with E-state index in [1.165, 1.54) is 23.5 Å². The SMILES string of the molecule is CC(C)(C(=O)O)c1c[nH]c2ccc(OCc3sc(-c4ccc(C(F)(F)F)cc4)nc3CCc3ccccc3)cc12. The second kappa shape index (κ2) is 10.8. The number of aromatic amines is 1. The summed E-state index contributed by atoms with van der Waals surface area (Å²) in [5.74, 6) is -0.351. The fraction of sp³-hybridized carbons (Fsp3) is 0.226. The van der Waals surface area contributed by atoms with Crippen molar-refractivity contribution in [3.63, 3.8) is 0 Å². The molecule has 5 rings (SSSR count). The highest BCUT2D eigenvalue weighted by Crippen LogP contribution is 2.35. The lowest BCUT2D eigenvalue weighted by molar-refractivity contribution is -0.142. The number of ether oxygens (including phenoxy) is 1. The van der Waals surface area contributed by atoms with Crippen LogP contribution >= 0.6 is 11.3 Å². The predicted molar refractivity (Wildman–Crippen MR) is 150 cm³/mol. The van der Waals surface area contributed by atoms with Crippen LogP contribution in [0.4, 0.5) is 13.2 Å². The number of hydrogen-bond acceptors (Lipinski definition) is 4. The Kier molecular flexibility index (Phi) is 7.42. The van der Waals surface area contributed by atoms with Gasteiger partial charge in [0.1, 0.15) is 17.4 Å². The number of aromatic nitrogens is 2. The predicted octanol–water partition coefficient (Wildman–Crippen LogP) is 8.04. The quantitative estimate of drug-likeness (QED) is 0.190. The molecule has 0 aliphatic heterocycles. The molecule has 5 nitrogen and oxygen atoms in total. The van der Waals surface area contributed by atoms with Crippen LogP contribution in [0.25, 0.3) is 21.5 Å². The van der Waals surface area contributed by atoms with Crippen molar-refractivity contribution >= 4 is 28.2 Å². The van der Waals surface area contributed by atoms with Gasteiger partial charge in [-0.25, -0.2) is 4.98 Å². The molecule has 2 aromatic heterocycles. The molecule has 0 fully saturated rings. The van der Waals surface area contributed by atoms with Crippen LogP contribution in [0, 0.1) is 0 Å². The minimum Gasteiger partial charge on any atom is -0.488 e. The van der Waals surface area contributed by atoms with Gasteiger partial charge < -0.3 is 14.8 Å². The summed E-state index contributed by atoms with van der Waals surface area (Å²) in [5, 5.41) is 11.1. The van der Waals surface area contributed by atoms with E-state index in [9.17, 15) is 23.1 Å². The number of aliphatic carboxylic acids is 1. The van der Waals surface area contributed by atoms with Gasteiger partial charge in [0.15, 0.2) is 0 Å². The highest BCUT2D eigenvalue weighted by molar-refractivity contribution is 7.15. The smallest absolute Gasteiger partial charge is 0.416 e. The summed E-state index contributed by atoms with van der Waals surface area (Å²) < 4.78 is 45.3. The van der Waals surface area contributed by atoms with Gasteiger partial charge in [0.25, 0.3) is 0 Å². The first-order chi connectivity index (χ1) is 19.0. The molecule has 206 valence electrons. The molecule has 0 amide bonds. The third kappa shape index (κ3) is 5.74. The molecule has 0 unspecified atom stereocenters. The summed E-state index contributed by atoms with van der Waals surface area (Å²) in [5.41, 5.74) is 2.28. The lowest BCUT2D eigenvalue weighted by Gasteiger charge is -2.18. The molecule has 0 radical (unpaired) electrons. The van der Waals surface area contributed by atoms with Crippen molar-refractivity contribution in [2.75, 3.05) is 0 Å². The average Bonchev–Trinajstić information content (AvgIpc) is 3.55. The Bertz CT molecular complexity index is 1640. The number of nitrogens with one attached hydrogen (secondary N) is 1. The second-order valence-corrected chi connectivity index (χ2v) is 11.2. The van der Waals surface area contributed by atoms with Gasteiger partial charge in [0, 0.05) is 22.7 Å². The molecule has 2 heterocycles. The standard InChI is InChI=1S/C31H27F3N2O3S/c1-30(2,29(37)38)24-17-35-25-15-13-22(16-23(24)25)39-18-27-26(14-8-19-6-4-3-5-7-19)36-28(40-27)20-9-11-21(12-10-20)31(32,33)34/h3-7,9-13,15-17,35H,8,14,18H2,1-2H3,(H,37,38). The third-order valence-corrected chi connectivity index (χ3v) is 8.08. The van der Waals surface area contributed by atoms with E-state index in [0.29, 0.717) is 28.3 Å². The molecule has 0 aliphatic carbocycles. The first-order valence-corrected chi connectivity index (χ1v) is 13.5. The Balaban J connectivity index is 1.42. The Morgan fingerprint density at radius 2 is 1.73 bits per heavy atom. The maximum Gasteiger partial charge on any atom is 0.416 e. The van der Waals surface area contributed by atoms with Crippen LogP contribution in [0.3, 0.4) is 0 Å². The van der Waals surface area contributed by atoms with Gasteiger partial charge in [0.2, 0.25) is 0 Å². The number of carboxylic acids is 1. The summed E-state index contributed by atoms with van der Waals surface area (Å²) in [6.45, 7) is 3.53. The Morgan fingerprint density at radius 3 is 2.40 bits per heavy atom. The molecule has 0 saturated carbocycles. The Morgan fingerprint density at radius 1 is 1.00 bits per heavy atom. The summed E-state index contributed by atoms with van der Waals surface area (Å²) >= 11 is 1.40. The number of nitrogens with zero attached hydrogens (tertiary/aromatic N) is 1. The fourth-order valence-corrected chi connectivity index (χ4v) is 5.52. The maximum absolute atomic E-state index is 13.1. The minimum absolute atomic E-state index is 0.218. The van der Waals surface area contributed by atoms with Crippen molar-refractivity contribution in [1.29, 1.82) is 0 Å². The van der Waals surface area contributed by atoms with Gasteiger partial charge in [-0.2, -0.15) is 13.2 Å². The summed E-state index contributed by atoms with van der Waals surface area (Å²) in [4.78, 5) is 20.6. The number of benzene rings is 3. The van der Waals surface area contributed by atoms with E-state index in [4.69, 9.17) is 9.72 Å². The monoisotopic (exact) mass is 564 g/mol. The van der Waals surface area contributed by atoms with Crippen LogP contribution in [0.5, 0.6) is 5.75 Å². The zero-order valence-electron chi connectivity index (χ0n) is 21.9. The Hall–Kier alpha value is -4.11. The zero-order valence-corrected chi connectivity index (χ0v) is 22.7. The Labute approximate surface area is 233 Å². The van der Waals surface area contributed by atoms with Crippen molar-refractivity contribution in [2.24, 2.45) is 0 Å². The van der Waals surface area contributed by atoms with Crippen LogP contribution in [-0.4, -0.2) is 21.0 Å². The topological polar surface area (TPSA) is 75.2 Å². The number of thiazole rings is 1. The number of halogens is 3. The van der Waals surface area contributed by atoms with Crippen LogP contribution < -0.4 is 4.74 Å². The van der Waals surface area contributed by atoms with E-state index < -0.39 is 23.1 Å². The van der Waals surface area contributed by atoms with Gasteiger partial charge in [-0.3, -0.25) is 4.79 Å². The lowest BCUT2D eigenvalue weighted by atomic mass is 9.84. The highest BCUT2D eigenvalue weighted by atomic mass is 32.1. The molecule has 3 aromatic carbocycles. The first-order valence-electron chi connectivity index (χ1n) is 12.7. The summed E-state index contributed by atoms with van der Waals surface area (Å²) in [7, 11) is 0. The number of rotatable bonds is 9. The summed E-state index contributed by atoms with van der Waals surface area (Å²) in [6.07, 6.45) is -1.29. The third-order valence-electron chi connectivity index (χ3n) is 6.96. The molecular weight excluding hydrogens is 537 g/mol. The van der Waals surface area contributed by atoms with E-state index in [1.807, 2.05) is 48.5 Å². The van der Waals surface area contributed by atoms with E-state index in [-0.39, 0.29) is 6.61 Å². The van der Waals surface area contributed by atoms with Crippen LogP contribution in [0.15, 0.2) is 79.0 Å². The lowest BCUT2D eigenvalue weighted by Crippen LogP contribution is -2.28. The molecule has 2 N–H and O–H groups in total.